The number of benzene rings is 4. The Kier molecular flexibility index (Phi) is 9.20. The van der Waals surface area contributed by atoms with Gasteiger partial charge in [-0.25, -0.2) is 9.97 Å². The number of rotatable bonds is 7. The lowest BCUT2D eigenvalue weighted by molar-refractivity contribution is 0.0593. The van der Waals surface area contributed by atoms with Gasteiger partial charge >= 0.3 is 0 Å². The van der Waals surface area contributed by atoms with Crippen molar-refractivity contribution >= 4 is 33.6 Å². The molecule has 6 nitrogen and oxygen atoms in total. The number of fused-ring (bicyclic) bond motifs is 2. The summed E-state index contributed by atoms with van der Waals surface area (Å²) in [5, 5.41) is 8.42. The van der Waals surface area contributed by atoms with Gasteiger partial charge in [0, 0.05) is 34.5 Å². The van der Waals surface area contributed by atoms with Crippen LogP contribution >= 0.6 is 0 Å². The Morgan fingerprint density at radius 2 is 1.15 bits per heavy atom. The van der Waals surface area contributed by atoms with Crippen molar-refractivity contribution in [2.24, 2.45) is 10.8 Å². The van der Waals surface area contributed by atoms with Crippen LogP contribution in [0.25, 0.3) is 44.3 Å². The van der Waals surface area contributed by atoms with Crippen LogP contribution in [0.15, 0.2) is 97.1 Å². The van der Waals surface area contributed by atoms with Gasteiger partial charge in [0.1, 0.15) is 0 Å². The first-order chi connectivity index (χ1) is 24.8. The summed E-state index contributed by atoms with van der Waals surface area (Å²) in [5.41, 5.74) is 10.8. The van der Waals surface area contributed by atoms with Crippen LogP contribution in [-0.2, 0) is 0 Å². The molecule has 0 spiro atoms. The van der Waals surface area contributed by atoms with E-state index in [1.165, 1.54) is 11.1 Å². The molecule has 264 valence electrons. The molecule has 2 heterocycles. The molecule has 52 heavy (non-hydrogen) atoms. The van der Waals surface area contributed by atoms with Crippen molar-refractivity contribution in [3.8, 4) is 22.5 Å². The van der Waals surface area contributed by atoms with Crippen molar-refractivity contribution in [2.45, 2.75) is 73.8 Å². The number of hydrogen-bond donors (Lipinski definition) is 2. The van der Waals surface area contributed by atoms with E-state index in [1.807, 2.05) is 60.7 Å². The van der Waals surface area contributed by atoms with E-state index in [9.17, 15) is 9.59 Å². The van der Waals surface area contributed by atoms with Crippen LogP contribution in [0.4, 0.5) is 0 Å². The molecule has 0 radical (unpaired) electrons. The minimum absolute atomic E-state index is 0.0420. The lowest BCUT2D eigenvalue weighted by Crippen LogP contribution is -2.50. The maximum atomic E-state index is 14.2. The molecule has 0 bridgehead atoms. The average molecular weight is 689 g/mol. The summed E-state index contributed by atoms with van der Waals surface area (Å²) in [6, 6.07) is 32.2. The fraction of sp³-hybridized carbons (Fsp3) is 0.304. The number of aryl methyl sites for hydroxylation is 4. The van der Waals surface area contributed by atoms with Crippen molar-refractivity contribution in [3.63, 3.8) is 0 Å². The maximum absolute atomic E-state index is 14.2. The Balaban J connectivity index is 1.13. The lowest BCUT2D eigenvalue weighted by Gasteiger charge is -2.47. The van der Waals surface area contributed by atoms with E-state index >= 15 is 0 Å². The lowest BCUT2D eigenvalue weighted by atomic mass is 9.62. The van der Waals surface area contributed by atoms with E-state index in [1.54, 1.807) is 0 Å². The van der Waals surface area contributed by atoms with E-state index < -0.39 is 0 Å². The number of pyridine rings is 2. The number of hydrogen-bond acceptors (Lipinski definition) is 4. The smallest absolute Gasteiger partial charge is 0.252 e. The van der Waals surface area contributed by atoms with Crippen molar-refractivity contribution in [1.29, 1.82) is 0 Å². The summed E-state index contributed by atoms with van der Waals surface area (Å²) >= 11 is 0. The molecule has 2 N–H and O–H groups in total. The zero-order valence-corrected chi connectivity index (χ0v) is 31.4. The molecule has 0 saturated heterocycles. The molecule has 2 atom stereocenters. The molecular formula is C46H48N4O2. The largest absolute Gasteiger partial charge is 0.351 e. The fourth-order valence-corrected chi connectivity index (χ4v) is 8.73. The zero-order valence-electron chi connectivity index (χ0n) is 31.4. The van der Waals surface area contributed by atoms with Crippen molar-refractivity contribution in [1.82, 2.24) is 20.6 Å². The van der Waals surface area contributed by atoms with Gasteiger partial charge in [-0.2, -0.15) is 0 Å². The maximum Gasteiger partial charge on any atom is 0.252 e. The third kappa shape index (κ3) is 7.20. The third-order valence-corrected chi connectivity index (χ3v) is 10.7. The van der Waals surface area contributed by atoms with Gasteiger partial charge < -0.3 is 10.6 Å². The molecule has 4 aromatic carbocycles. The molecule has 1 saturated carbocycles. The van der Waals surface area contributed by atoms with Crippen LogP contribution in [0.2, 0.25) is 0 Å². The Bertz CT molecular complexity index is 2360. The van der Waals surface area contributed by atoms with Crippen LogP contribution in [0.5, 0.6) is 0 Å². The number of amides is 2. The van der Waals surface area contributed by atoms with Crippen molar-refractivity contribution in [2.75, 3.05) is 6.54 Å². The molecule has 0 unspecified atom stereocenters. The zero-order chi connectivity index (χ0) is 36.8. The van der Waals surface area contributed by atoms with Gasteiger partial charge in [0.25, 0.3) is 11.8 Å². The van der Waals surface area contributed by atoms with Crippen molar-refractivity contribution < 1.29 is 9.59 Å². The number of nitrogens with zero attached hydrogens (tertiary/aromatic N) is 2. The summed E-state index contributed by atoms with van der Waals surface area (Å²) in [6.45, 7) is 15.6. The highest BCUT2D eigenvalue weighted by atomic mass is 16.2. The van der Waals surface area contributed by atoms with Gasteiger partial charge in [-0.15, -0.1) is 0 Å². The first-order valence-corrected chi connectivity index (χ1v) is 18.3. The first kappa shape index (κ1) is 35.1. The molecule has 2 amide bonds. The summed E-state index contributed by atoms with van der Waals surface area (Å²) in [4.78, 5) is 38.2. The Morgan fingerprint density at radius 3 is 1.67 bits per heavy atom. The number of carbonyl (C=O) groups excluding carboxylic acids is 2. The van der Waals surface area contributed by atoms with Crippen LogP contribution in [0.1, 0.15) is 83.0 Å². The first-order valence-electron chi connectivity index (χ1n) is 18.3. The van der Waals surface area contributed by atoms with Gasteiger partial charge in [0.15, 0.2) is 0 Å². The standard InChI is InChI=1S/C46H48N4O2/c1-28-16-18-33(30(3)20-28)41-22-37(35-12-8-10-14-39(35)49-41)43(51)47-27-46(7)25-32(24-45(5,6)26-46)48-44(52)38-23-42(34-19-17-29(2)21-31(34)4)50-40-15-11-9-13-36(38)40/h8-23,32H,24-27H2,1-7H3,(H,47,51)(H,48,52)/t32-,46+/m0/s1. The number of nitrogens with one attached hydrogen (secondary N) is 2. The van der Waals surface area contributed by atoms with Crippen LogP contribution in [0, 0.1) is 38.5 Å². The van der Waals surface area contributed by atoms with Gasteiger partial charge in [0.2, 0.25) is 0 Å². The Morgan fingerprint density at radius 1 is 0.654 bits per heavy atom. The van der Waals surface area contributed by atoms with Crippen molar-refractivity contribution in [3.05, 3.63) is 130 Å². The molecule has 0 aliphatic heterocycles. The minimum Gasteiger partial charge on any atom is -0.351 e. The Labute approximate surface area is 307 Å². The molecule has 7 rings (SSSR count). The monoisotopic (exact) mass is 688 g/mol. The molecular weight excluding hydrogens is 641 g/mol. The van der Waals surface area contributed by atoms with Gasteiger partial charge in [-0.1, -0.05) is 105 Å². The SMILES string of the molecule is Cc1ccc(-c2cc(C(=O)NC[C@]3(C)C[C@@H](NC(=O)c4cc(-c5ccc(C)cc5C)nc5ccccc45)CC(C)(C)C3)c3ccccc3n2)c(C)c1. The molecule has 1 aliphatic rings. The summed E-state index contributed by atoms with van der Waals surface area (Å²) in [6.07, 6.45) is 2.52. The van der Waals surface area contributed by atoms with E-state index in [4.69, 9.17) is 9.97 Å². The summed E-state index contributed by atoms with van der Waals surface area (Å²) in [5.74, 6) is -0.210. The van der Waals surface area contributed by atoms with E-state index in [0.717, 1.165) is 74.7 Å². The predicted octanol–water partition coefficient (Wildman–Crippen LogP) is 10.1. The summed E-state index contributed by atoms with van der Waals surface area (Å²) in [7, 11) is 0. The topological polar surface area (TPSA) is 84.0 Å². The highest BCUT2D eigenvalue weighted by Gasteiger charge is 2.42. The molecule has 6 heteroatoms. The molecule has 1 fully saturated rings. The van der Waals surface area contributed by atoms with E-state index in [2.05, 4.69) is 95.5 Å². The van der Waals surface area contributed by atoms with Gasteiger partial charge in [-0.05, 0) is 93.2 Å². The van der Waals surface area contributed by atoms with Gasteiger partial charge in [-0.3, -0.25) is 9.59 Å². The van der Waals surface area contributed by atoms with Crippen LogP contribution in [-0.4, -0.2) is 34.4 Å². The highest BCUT2D eigenvalue weighted by Crippen LogP contribution is 2.46. The molecule has 6 aromatic rings. The normalized spacial score (nSPS) is 18.3. The van der Waals surface area contributed by atoms with Crippen LogP contribution in [0.3, 0.4) is 0 Å². The van der Waals surface area contributed by atoms with Gasteiger partial charge in [0.05, 0.1) is 33.5 Å². The Hall–Kier alpha value is -5.36. The average Bonchev–Trinajstić information content (AvgIpc) is 3.09. The predicted molar refractivity (Wildman–Crippen MR) is 213 cm³/mol. The number of para-hydroxylation sites is 2. The number of carbonyl (C=O) groups is 2. The fourth-order valence-electron chi connectivity index (χ4n) is 8.73. The van der Waals surface area contributed by atoms with E-state index in [0.29, 0.717) is 17.7 Å². The minimum atomic E-state index is -0.237. The molecule has 1 aliphatic carbocycles. The second kappa shape index (κ2) is 13.6. The number of aromatic nitrogens is 2. The van der Waals surface area contributed by atoms with Crippen LogP contribution < -0.4 is 10.6 Å². The highest BCUT2D eigenvalue weighted by molar-refractivity contribution is 6.08. The third-order valence-electron chi connectivity index (χ3n) is 10.7. The second-order valence-corrected chi connectivity index (χ2v) is 16.2. The summed E-state index contributed by atoms with van der Waals surface area (Å²) < 4.78 is 0. The van der Waals surface area contributed by atoms with E-state index in [-0.39, 0.29) is 28.7 Å². The second-order valence-electron chi connectivity index (χ2n) is 16.2. The quantitative estimate of drug-likeness (QED) is 0.175. The molecule has 2 aromatic heterocycles.